The van der Waals surface area contributed by atoms with Crippen molar-refractivity contribution in [3.05, 3.63) is 160 Å². The van der Waals surface area contributed by atoms with Gasteiger partial charge in [0.2, 0.25) is 0 Å². The van der Waals surface area contributed by atoms with Crippen molar-refractivity contribution < 1.29 is 0 Å². The molecule has 12 rings (SSSR count). The maximum absolute atomic E-state index is 2.68. The molecule has 2 aliphatic carbocycles. The van der Waals surface area contributed by atoms with Gasteiger partial charge in [-0.25, -0.2) is 0 Å². The summed E-state index contributed by atoms with van der Waals surface area (Å²) in [6, 6.07) is 40.3. The first-order valence-corrected chi connectivity index (χ1v) is 19.6. The second-order valence-electron chi connectivity index (χ2n) is 17.1. The van der Waals surface area contributed by atoms with Crippen molar-refractivity contribution in [2.24, 2.45) is 0 Å². The summed E-state index contributed by atoms with van der Waals surface area (Å²) in [5, 5.41) is 8.09. The summed E-state index contributed by atoms with van der Waals surface area (Å²) in [5.74, 6) is 0. The highest BCUT2D eigenvalue weighted by Crippen LogP contribution is 2.57. The van der Waals surface area contributed by atoms with Crippen molar-refractivity contribution in [1.29, 1.82) is 0 Å². The Morgan fingerprint density at radius 2 is 1.09 bits per heavy atom. The molecule has 0 saturated carbocycles. The SMILES string of the molecule is CC1(C)c2cccc3c2-n2c4c1cc(-c1c5c(cc6ccccc16)CCC=C5)cc4c1cc(-c4c5c(cc6ccccc46)C=CCC5)cc(c12)C3(C)C. The number of aryl methyl sites for hydroxylation is 1. The van der Waals surface area contributed by atoms with E-state index in [2.05, 4.69) is 160 Å². The van der Waals surface area contributed by atoms with E-state index in [9.17, 15) is 0 Å². The molecule has 254 valence electrons. The summed E-state index contributed by atoms with van der Waals surface area (Å²) < 4.78 is 2.68. The van der Waals surface area contributed by atoms with Crippen LogP contribution in [0, 0.1) is 0 Å². The normalized spacial score (nSPS) is 16.9. The lowest BCUT2D eigenvalue weighted by atomic mass is 9.68. The van der Waals surface area contributed by atoms with Gasteiger partial charge < -0.3 is 4.57 Å². The molecule has 1 aromatic heterocycles. The lowest BCUT2D eigenvalue weighted by Crippen LogP contribution is -2.33. The van der Waals surface area contributed by atoms with Gasteiger partial charge in [0.05, 0.1) is 16.7 Å². The minimum Gasteiger partial charge on any atom is -0.308 e. The summed E-state index contributed by atoms with van der Waals surface area (Å²) in [6.45, 7) is 9.86. The number of nitrogens with zero attached hydrogens (tertiary/aromatic N) is 1. The van der Waals surface area contributed by atoms with E-state index in [-0.39, 0.29) is 10.8 Å². The van der Waals surface area contributed by atoms with Crippen molar-refractivity contribution >= 4 is 55.5 Å². The van der Waals surface area contributed by atoms with Crippen LogP contribution in [0.4, 0.5) is 0 Å². The Morgan fingerprint density at radius 3 is 1.79 bits per heavy atom. The molecule has 1 heteroatoms. The maximum atomic E-state index is 2.68. The van der Waals surface area contributed by atoms with Gasteiger partial charge in [0.25, 0.3) is 0 Å². The number of hydrogen-bond acceptors (Lipinski definition) is 0. The molecule has 8 aromatic rings. The number of allylic oxidation sites excluding steroid dienone is 2. The van der Waals surface area contributed by atoms with E-state index in [1.54, 1.807) is 0 Å². The maximum Gasteiger partial charge on any atom is 0.0582 e. The van der Waals surface area contributed by atoms with Gasteiger partial charge in [0, 0.05) is 21.6 Å². The first-order valence-electron chi connectivity index (χ1n) is 19.6. The molecule has 1 nitrogen and oxygen atoms in total. The minimum atomic E-state index is -0.179. The largest absolute Gasteiger partial charge is 0.308 e. The van der Waals surface area contributed by atoms with Crippen molar-refractivity contribution in [2.75, 3.05) is 0 Å². The van der Waals surface area contributed by atoms with Gasteiger partial charge in [-0.15, -0.1) is 0 Å². The molecule has 0 atom stereocenters. The minimum absolute atomic E-state index is 0.176. The number of rotatable bonds is 2. The van der Waals surface area contributed by atoms with E-state index in [1.807, 2.05) is 0 Å². The molecule has 0 radical (unpaired) electrons. The predicted octanol–water partition coefficient (Wildman–Crippen LogP) is 13.6. The van der Waals surface area contributed by atoms with Gasteiger partial charge in [-0.1, -0.05) is 125 Å². The molecular formula is C52H41N. The van der Waals surface area contributed by atoms with Crippen molar-refractivity contribution in [1.82, 2.24) is 4.57 Å². The molecular weight excluding hydrogens is 639 g/mol. The molecule has 0 saturated heterocycles. The Hall–Kier alpha value is -5.66. The summed E-state index contributed by atoms with van der Waals surface area (Å²) >= 11 is 0. The lowest BCUT2D eigenvalue weighted by Gasteiger charge is -2.42. The quantitative estimate of drug-likeness (QED) is 0.171. The van der Waals surface area contributed by atoms with Gasteiger partial charge >= 0.3 is 0 Å². The second kappa shape index (κ2) is 10.1. The molecule has 2 aliphatic heterocycles. The van der Waals surface area contributed by atoms with E-state index < -0.39 is 0 Å². The van der Waals surface area contributed by atoms with Crippen LogP contribution in [0.15, 0.2) is 115 Å². The Bertz CT molecular complexity index is 3050. The zero-order chi connectivity index (χ0) is 35.4. The highest BCUT2D eigenvalue weighted by Gasteiger charge is 2.44. The summed E-state index contributed by atoms with van der Waals surface area (Å²) in [7, 11) is 0. The van der Waals surface area contributed by atoms with Gasteiger partial charge in [-0.2, -0.15) is 0 Å². The van der Waals surface area contributed by atoms with E-state index in [0.29, 0.717) is 0 Å². The fourth-order valence-corrected chi connectivity index (χ4v) is 11.0. The van der Waals surface area contributed by atoms with Crippen LogP contribution >= 0.6 is 0 Å². The second-order valence-corrected chi connectivity index (χ2v) is 17.1. The van der Waals surface area contributed by atoms with Crippen LogP contribution in [0.5, 0.6) is 0 Å². The van der Waals surface area contributed by atoms with Crippen LogP contribution in [-0.4, -0.2) is 4.57 Å². The number of benzene rings is 7. The van der Waals surface area contributed by atoms with Gasteiger partial charge in [0.1, 0.15) is 0 Å². The van der Waals surface area contributed by atoms with Gasteiger partial charge in [-0.3, -0.25) is 0 Å². The molecule has 0 unspecified atom stereocenters. The third-order valence-corrected chi connectivity index (χ3v) is 13.6. The summed E-state index contributed by atoms with van der Waals surface area (Å²) in [5.41, 5.74) is 20.7. The Labute approximate surface area is 310 Å². The third kappa shape index (κ3) is 3.73. The Morgan fingerprint density at radius 1 is 0.509 bits per heavy atom. The molecule has 3 heterocycles. The van der Waals surface area contributed by atoms with Crippen LogP contribution < -0.4 is 0 Å². The van der Waals surface area contributed by atoms with Crippen LogP contribution in [0.3, 0.4) is 0 Å². The highest BCUT2D eigenvalue weighted by molar-refractivity contribution is 6.18. The van der Waals surface area contributed by atoms with E-state index in [4.69, 9.17) is 0 Å². The molecule has 0 bridgehead atoms. The number of fused-ring (bicyclic) bond motifs is 5. The molecule has 0 spiro atoms. The lowest BCUT2D eigenvalue weighted by molar-refractivity contribution is 0.594. The average Bonchev–Trinajstić information content (AvgIpc) is 3.51. The fourth-order valence-electron chi connectivity index (χ4n) is 11.0. The molecule has 0 N–H and O–H groups in total. The molecule has 0 fully saturated rings. The molecule has 7 aromatic carbocycles. The van der Waals surface area contributed by atoms with Crippen molar-refractivity contribution in [2.45, 2.75) is 64.2 Å². The smallest absolute Gasteiger partial charge is 0.0582 e. The van der Waals surface area contributed by atoms with Crippen LogP contribution in [0.25, 0.3) is 83.4 Å². The van der Waals surface area contributed by atoms with Crippen LogP contribution in [-0.2, 0) is 23.7 Å². The van der Waals surface area contributed by atoms with E-state index in [0.717, 1.165) is 25.7 Å². The van der Waals surface area contributed by atoms with Crippen LogP contribution in [0.2, 0.25) is 0 Å². The predicted molar refractivity (Wildman–Crippen MR) is 226 cm³/mol. The van der Waals surface area contributed by atoms with Crippen molar-refractivity contribution in [3.63, 3.8) is 0 Å². The van der Waals surface area contributed by atoms with Crippen molar-refractivity contribution in [3.8, 4) is 27.9 Å². The topological polar surface area (TPSA) is 4.93 Å². The summed E-state index contributed by atoms with van der Waals surface area (Å²) in [4.78, 5) is 0. The fraction of sp³-hybridized carbons (Fsp3) is 0.192. The van der Waals surface area contributed by atoms with Crippen LogP contribution in [0.1, 0.15) is 85.0 Å². The molecule has 0 amide bonds. The average molecular weight is 680 g/mol. The Balaban J connectivity index is 1.29. The molecule has 4 aliphatic rings. The number of aromatic nitrogens is 1. The monoisotopic (exact) mass is 679 g/mol. The van der Waals surface area contributed by atoms with Gasteiger partial charge in [-0.05, 0) is 144 Å². The Kier molecular flexibility index (Phi) is 5.67. The standard InChI is InChI=1S/C52H41N/c1-51(2)42-22-13-23-43-50(42)53-48-40(26-34(28-44(48)51)46-36-18-9-5-14-30(36)24-31-15-6-10-19-37(31)46)41-27-35(29-45(49(41)53)52(43,3)4)47-38-20-11-7-16-32(38)25-33-17-8-12-21-39(33)47/h5-7,9,11-16,18,20-29H,8,10,17,19H2,1-4H3. The zero-order valence-corrected chi connectivity index (χ0v) is 30.9. The third-order valence-electron chi connectivity index (χ3n) is 13.6. The first kappa shape index (κ1) is 29.9. The number of hydrogen-bond donors (Lipinski definition) is 0. The number of para-hydroxylation sites is 1. The van der Waals surface area contributed by atoms with E-state index >= 15 is 0 Å². The zero-order valence-electron chi connectivity index (χ0n) is 30.9. The molecule has 53 heavy (non-hydrogen) atoms. The highest BCUT2D eigenvalue weighted by atomic mass is 15.0. The first-order chi connectivity index (χ1) is 25.8. The summed E-state index contributed by atoms with van der Waals surface area (Å²) in [6.07, 6.45) is 13.8. The van der Waals surface area contributed by atoms with E-state index in [1.165, 1.54) is 116 Å². The van der Waals surface area contributed by atoms with Gasteiger partial charge in [0.15, 0.2) is 0 Å².